The topological polar surface area (TPSA) is 69.6 Å². The van der Waals surface area contributed by atoms with Gasteiger partial charge in [0, 0.05) is 5.57 Å². The average molecular weight is 232 g/mol. The van der Waals surface area contributed by atoms with Crippen LogP contribution >= 0.6 is 0 Å². The molecule has 1 aliphatic heterocycles. The van der Waals surface area contributed by atoms with Crippen molar-refractivity contribution < 1.29 is 14.7 Å². The predicted molar refractivity (Wildman–Crippen MR) is 63.1 cm³/mol. The van der Waals surface area contributed by atoms with E-state index in [0.29, 0.717) is 5.57 Å². The second kappa shape index (κ2) is 4.29. The van der Waals surface area contributed by atoms with Gasteiger partial charge in [0.2, 0.25) is 0 Å². The van der Waals surface area contributed by atoms with E-state index in [1.54, 1.807) is 19.1 Å². The number of carbonyl (C=O) groups is 2. The molecule has 0 unspecified atom stereocenters. The Morgan fingerprint density at radius 3 is 2.82 bits per heavy atom. The number of hydrogen-bond donors (Lipinski definition) is 2. The molecule has 0 saturated carbocycles. The Kier molecular flexibility index (Phi) is 2.82. The van der Waals surface area contributed by atoms with Crippen LogP contribution in [0.3, 0.4) is 0 Å². The minimum atomic E-state index is -1.06. The van der Waals surface area contributed by atoms with Gasteiger partial charge in [-0.1, -0.05) is 18.2 Å². The molecule has 0 bridgehead atoms. The highest BCUT2D eigenvalue weighted by atomic mass is 16.4. The molecule has 5 heteroatoms. The summed E-state index contributed by atoms with van der Waals surface area (Å²) in [4.78, 5) is 22.6. The van der Waals surface area contributed by atoms with Gasteiger partial charge in [0.25, 0.3) is 5.91 Å². The van der Waals surface area contributed by atoms with E-state index in [0.717, 1.165) is 16.3 Å². The van der Waals surface area contributed by atoms with Crippen molar-refractivity contribution in [2.75, 3.05) is 12.0 Å². The van der Waals surface area contributed by atoms with Crippen molar-refractivity contribution in [3.63, 3.8) is 0 Å². The van der Waals surface area contributed by atoms with Crippen LogP contribution in [0.1, 0.15) is 12.5 Å². The van der Waals surface area contributed by atoms with Gasteiger partial charge in [-0.25, -0.2) is 5.01 Å². The molecular weight excluding hydrogens is 220 g/mol. The summed E-state index contributed by atoms with van der Waals surface area (Å²) in [6, 6.07) is 7.35. The Morgan fingerprint density at radius 2 is 2.12 bits per heavy atom. The van der Waals surface area contributed by atoms with Crippen molar-refractivity contribution >= 4 is 23.6 Å². The zero-order valence-electron chi connectivity index (χ0n) is 9.30. The number of benzene rings is 1. The van der Waals surface area contributed by atoms with Crippen LogP contribution < -0.4 is 5.43 Å². The molecule has 0 aromatic heterocycles. The number of anilines is 1. The molecule has 0 radical (unpaired) electrons. The number of amides is 1. The number of hydrazine groups is 1. The first-order chi connectivity index (χ1) is 8.08. The molecule has 1 heterocycles. The largest absolute Gasteiger partial charge is 0.480 e. The molecule has 0 aliphatic carbocycles. The van der Waals surface area contributed by atoms with E-state index in [4.69, 9.17) is 5.11 Å². The van der Waals surface area contributed by atoms with E-state index in [1.807, 2.05) is 18.2 Å². The van der Waals surface area contributed by atoms with E-state index < -0.39 is 5.97 Å². The number of hydrogen-bond acceptors (Lipinski definition) is 3. The van der Waals surface area contributed by atoms with E-state index in [-0.39, 0.29) is 12.5 Å². The molecule has 2 N–H and O–H groups in total. The summed E-state index contributed by atoms with van der Waals surface area (Å²) in [5.74, 6) is -1.39. The lowest BCUT2D eigenvalue weighted by molar-refractivity contribution is -0.142. The fourth-order valence-corrected chi connectivity index (χ4v) is 1.68. The number of nitrogens with one attached hydrogen (secondary N) is 1. The Labute approximate surface area is 98.3 Å². The van der Waals surface area contributed by atoms with Gasteiger partial charge in [-0.3, -0.25) is 15.0 Å². The highest BCUT2D eigenvalue weighted by Gasteiger charge is 2.21. The third-order valence-electron chi connectivity index (χ3n) is 2.46. The summed E-state index contributed by atoms with van der Waals surface area (Å²) in [6.45, 7) is 1.29. The summed E-state index contributed by atoms with van der Waals surface area (Å²) in [5, 5.41) is 9.85. The van der Waals surface area contributed by atoms with Crippen LogP contribution in [-0.4, -0.2) is 28.5 Å². The lowest BCUT2D eigenvalue weighted by Gasteiger charge is -2.21. The lowest BCUT2D eigenvalue weighted by atomic mass is 10.1. The zero-order chi connectivity index (χ0) is 12.4. The molecule has 17 heavy (non-hydrogen) atoms. The number of para-hydroxylation sites is 1. The molecule has 88 valence electrons. The molecule has 0 fully saturated rings. The number of carboxylic acids is 1. The van der Waals surface area contributed by atoms with Gasteiger partial charge >= 0.3 is 5.97 Å². The summed E-state index contributed by atoms with van der Waals surface area (Å²) in [6.07, 6.45) is 1.74. The Balaban J connectivity index is 2.40. The second-order valence-electron chi connectivity index (χ2n) is 3.81. The normalized spacial score (nSPS) is 14.5. The van der Waals surface area contributed by atoms with Crippen molar-refractivity contribution in [3.05, 3.63) is 35.4 Å². The molecule has 1 amide bonds. The molecule has 5 nitrogen and oxygen atoms in total. The van der Waals surface area contributed by atoms with Crippen molar-refractivity contribution in [1.82, 2.24) is 5.01 Å². The van der Waals surface area contributed by atoms with Crippen molar-refractivity contribution in [1.29, 1.82) is 0 Å². The maximum atomic E-state index is 11.9. The number of fused-ring (bicyclic) bond motifs is 1. The van der Waals surface area contributed by atoms with Crippen LogP contribution in [0.2, 0.25) is 0 Å². The predicted octanol–water partition coefficient (Wildman–Crippen LogP) is 1.34. The van der Waals surface area contributed by atoms with Gasteiger partial charge in [-0.15, -0.1) is 0 Å². The minimum absolute atomic E-state index is 0.330. The van der Waals surface area contributed by atoms with Crippen LogP contribution in [0.5, 0.6) is 0 Å². The van der Waals surface area contributed by atoms with E-state index in [1.165, 1.54) is 0 Å². The van der Waals surface area contributed by atoms with Crippen LogP contribution in [-0.2, 0) is 9.59 Å². The maximum Gasteiger partial charge on any atom is 0.325 e. The standard InChI is InChI=1S/C12H12N2O3/c1-8-6-9-4-2-3-5-10(9)13-14(12(8)17)7-11(15)16/h2-6,13H,7H2,1H3,(H,15,16). The molecule has 0 saturated heterocycles. The van der Waals surface area contributed by atoms with Gasteiger partial charge in [-0.05, 0) is 24.6 Å². The SMILES string of the molecule is CC1=Cc2ccccc2NN(CC(=O)O)C1=O. The third-order valence-corrected chi connectivity index (χ3v) is 2.46. The molecule has 1 aromatic carbocycles. The van der Waals surface area contributed by atoms with E-state index in [9.17, 15) is 9.59 Å². The van der Waals surface area contributed by atoms with Gasteiger partial charge in [0.15, 0.2) is 0 Å². The molecule has 0 spiro atoms. The Bertz CT molecular complexity index is 508. The van der Waals surface area contributed by atoms with Crippen molar-refractivity contribution in [3.8, 4) is 0 Å². The quantitative estimate of drug-likeness (QED) is 0.807. The number of nitrogens with zero attached hydrogens (tertiary/aromatic N) is 1. The maximum absolute atomic E-state index is 11.9. The Morgan fingerprint density at radius 1 is 1.41 bits per heavy atom. The van der Waals surface area contributed by atoms with E-state index >= 15 is 0 Å². The number of aliphatic carboxylic acids is 1. The summed E-state index contributed by atoms with van der Waals surface area (Å²) < 4.78 is 0. The van der Waals surface area contributed by atoms with Gasteiger partial charge in [0.1, 0.15) is 6.54 Å². The van der Waals surface area contributed by atoms with Gasteiger partial charge in [-0.2, -0.15) is 0 Å². The summed E-state index contributed by atoms with van der Waals surface area (Å²) in [7, 11) is 0. The number of rotatable bonds is 2. The minimum Gasteiger partial charge on any atom is -0.480 e. The molecule has 1 aromatic rings. The highest BCUT2D eigenvalue weighted by molar-refractivity contribution is 6.01. The monoisotopic (exact) mass is 232 g/mol. The first kappa shape index (κ1) is 11.2. The first-order valence-corrected chi connectivity index (χ1v) is 5.15. The number of carboxylic acid groups (broad SMARTS) is 1. The van der Waals surface area contributed by atoms with Crippen LogP contribution in [0, 0.1) is 0 Å². The summed E-state index contributed by atoms with van der Waals surface area (Å²) in [5.41, 5.74) is 4.91. The van der Waals surface area contributed by atoms with Crippen LogP contribution in [0.4, 0.5) is 5.69 Å². The van der Waals surface area contributed by atoms with Crippen molar-refractivity contribution in [2.24, 2.45) is 0 Å². The van der Waals surface area contributed by atoms with E-state index in [2.05, 4.69) is 5.43 Å². The van der Waals surface area contributed by atoms with Gasteiger partial charge < -0.3 is 5.11 Å². The number of carbonyl (C=O) groups excluding carboxylic acids is 1. The van der Waals surface area contributed by atoms with Gasteiger partial charge in [0.05, 0.1) is 5.69 Å². The molecule has 2 rings (SSSR count). The average Bonchev–Trinajstić information content (AvgIpc) is 2.38. The molecule has 0 atom stereocenters. The smallest absolute Gasteiger partial charge is 0.325 e. The van der Waals surface area contributed by atoms with Crippen molar-refractivity contribution in [2.45, 2.75) is 6.92 Å². The summed E-state index contributed by atoms with van der Waals surface area (Å²) >= 11 is 0. The van der Waals surface area contributed by atoms with Crippen LogP contribution in [0.25, 0.3) is 6.08 Å². The Hall–Kier alpha value is -2.30. The lowest BCUT2D eigenvalue weighted by Crippen LogP contribution is -2.39. The third kappa shape index (κ3) is 2.28. The zero-order valence-corrected chi connectivity index (χ0v) is 9.30. The second-order valence-corrected chi connectivity index (χ2v) is 3.81. The fraction of sp³-hybridized carbons (Fsp3) is 0.167. The first-order valence-electron chi connectivity index (χ1n) is 5.15. The molecule has 1 aliphatic rings. The van der Waals surface area contributed by atoms with Crippen LogP contribution in [0.15, 0.2) is 29.8 Å². The highest BCUT2D eigenvalue weighted by Crippen LogP contribution is 2.23. The fourth-order valence-electron chi connectivity index (χ4n) is 1.68. The molecular formula is C12H12N2O3.